The highest BCUT2D eigenvalue weighted by molar-refractivity contribution is 6.99. The van der Waals surface area contributed by atoms with Gasteiger partial charge >= 0.3 is 14.3 Å². The number of likely N-dealkylation sites (tertiary alicyclic amines) is 1. The van der Waals surface area contributed by atoms with Crippen LogP contribution in [0.5, 0.6) is 11.5 Å². The average Bonchev–Trinajstić information content (AvgIpc) is 3.22. The fourth-order valence-electron chi connectivity index (χ4n) is 7.13. The summed E-state index contributed by atoms with van der Waals surface area (Å²) in [6, 6.07) is 43.7. The third-order valence-electron chi connectivity index (χ3n) is 10.2. The molecular formula is C45H53FN4O4Si. The Labute approximate surface area is 325 Å². The number of aliphatic hydroxyl groups excluding tert-OH is 1. The van der Waals surface area contributed by atoms with Gasteiger partial charge in [0.2, 0.25) is 0 Å². The van der Waals surface area contributed by atoms with Gasteiger partial charge in [0.05, 0.1) is 0 Å². The maximum Gasteiger partial charge on any atom is 0.317 e. The summed E-state index contributed by atoms with van der Waals surface area (Å²) >= 11 is 0. The lowest BCUT2D eigenvalue weighted by atomic mass is 10.0. The van der Waals surface area contributed by atoms with Gasteiger partial charge < -0.3 is 35.1 Å². The van der Waals surface area contributed by atoms with Crippen LogP contribution in [0.2, 0.25) is 5.54 Å². The van der Waals surface area contributed by atoms with Gasteiger partial charge in [-0.15, -0.1) is 0 Å². The number of piperidine rings is 1. The van der Waals surface area contributed by atoms with Crippen LogP contribution < -0.4 is 35.5 Å². The molecule has 0 aromatic heterocycles. The molecule has 1 aliphatic heterocycles. The molecule has 1 aliphatic rings. The number of anilines is 1. The number of hydrogen-bond donors (Lipinski definition) is 4. The molecule has 6 rings (SSSR count). The Hall–Kier alpha value is -5.16. The van der Waals surface area contributed by atoms with E-state index in [4.69, 9.17) is 9.16 Å². The third-order valence-corrected chi connectivity index (χ3v) is 14.7. The normalized spacial score (nSPS) is 14.0. The van der Waals surface area contributed by atoms with E-state index in [9.17, 15) is 14.3 Å². The minimum Gasteiger partial charge on any atom is -0.534 e. The Morgan fingerprint density at radius 1 is 0.818 bits per heavy atom. The van der Waals surface area contributed by atoms with Crippen molar-refractivity contribution in [3.63, 3.8) is 0 Å². The molecular weight excluding hydrogens is 708 g/mol. The molecule has 0 saturated carbocycles. The maximum atomic E-state index is 13.1. The summed E-state index contributed by atoms with van der Waals surface area (Å²) in [7, 11) is -2.65. The molecule has 1 atom stereocenters. The Morgan fingerprint density at radius 2 is 1.44 bits per heavy atom. The first-order valence-corrected chi connectivity index (χ1v) is 21.3. The number of benzene rings is 5. The van der Waals surface area contributed by atoms with Gasteiger partial charge in [0.1, 0.15) is 30.0 Å². The summed E-state index contributed by atoms with van der Waals surface area (Å²) in [5.74, 6) is 1.13. The lowest BCUT2D eigenvalue weighted by Gasteiger charge is -2.36. The van der Waals surface area contributed by atoms with Gasteiger partial charge in [-0.1, -0.05) is 105 Å². The predicted molar refractivity (Wildman–Crippen MR) is 221 cm³/mol. The van der Waals surface area contributed by atoms with E-state index in [1.807, 2.05) is 41.3 Å². The molecule has 8 nitrogen and oxygen atoms in total. The predicted octanol–water partition coefficient (Wildman–Crippen LogP) is 6.73. The molecule has 55 heavy (non-hydrogen) atoms. The summed E-state index contributed by atoms with van der Waals surface area (Å²) in [5, 5.41) is 23.0. The molecule has 0 radical (unpaired) electrons. The topological polar surface area (TPSA) is 95.1 Å². The molecule has 5 aromatic rings. The molecule has 1 saturated heterocycles. The lowest BCUT2D eigenvalue weighted by Crippen LogP contribution is -2.65. The molecule has 1 heterocycles. The van der Waals surface area contributed by atoms with Gasteiger partial charge in [0.15, 0.2) is 0 Å². The van der Waals surface area contributed by atoms with Crippen molar-refractivity contribution < 1.29 is 23.5 Å². The van der Waals surface area contributed by atoms with Gasteiger partial charge in [-0.05, 0) is 89.2 Å². The van der Waals surface area contributed by atoms with E-state index >= 15 is 0 Å². The summed E-state index contributed by atoms with van der Waals surface area (Å²) in [6.45, 7) is 7.53. The zero-order valence-corrected chi connectivity index (χ0v) is 32.8. The Bertz CT molecular complexity index is 1870. The van der Waals surface area contributed by atoms with Gasteiger partial charge in [0, 0.05) is 44.0 Å². The molecule has 0 unspecified atom stereocenters. The van der Waals surface area contributed by atoms with Crippen LogP contribution in [0.3, 0.4) is 0 Å². The minimum absolute atomic E-state index is 0.0888. The second kappa shape index (κ2) is 19.4. The molecule has 10 heteroatoms. The minimum atomic E-state index is -2.65. The summed E-state index contributed by atoms with van der Waals surface area (Å²) in [4.78, 5) is 14.5. The fourth-order valence-corrected chi connectivity index (χ4v) is 11.1. The number of nitrogens with one attached hydrogen (secondary N) is 3. The Morgan fingerprint density at radius 3 is 2.07 bits per heavy atom. The van der Waals surface area contributed by atoms with Gasteiger partial charge in [-0.25, -0.2) is 9.18 Å². The number of rotatable bonds is 17. The zero-order valence-electron chi connectivity index (χ0n) is 31.8. The van der Waals surface area contributed by atoms with E-state index in [1.165, 1.54) is 28.1 Å². The summed E-state index contributed by atoms with van der Waals surface area (Å²) < 4.78 is 26.2. The average molecular weight is 761 g/mol. The fraction of sp³-hybridized carbons (Fsp3) is 0.311. The highest BCUT2D eigenvalue weighted by atomic mass is 28.4. The van der Waals surface area contributed by atoms with Crippen molar-refractivity contribution in [3.8, 4) is 11.5 Å². The molecule has 5 aromatic carbocycles. The van der Waals surface area contributed by atoms with Crippen LogP contribution in [-0.4, -0.2) is 69.3 Å². The Kier molecular flexibility index (Phi) is 14.0. The van der Waals surface area contributed by atoms with Crippen molar-refractivity contribution in [2.45, 2.75) is 57.3 Å². The summed E-state index contributed by atoms with van der Waals surface area (Å²) in [5.41, 5.74) is 3.41. The van der Waals surface area contributed by atoms with Gasteiger partial charge in [-0.3, -0.25) is 0 Å². The second-order valence-electron chi connectivity index (χ2n) is 14.5. The van der Waals surface area contributed by atoms with E-state index in [1.54, 1.807) is 12.1 Å². The lowest BCUT2D eigenvalue weighted by molar-refractivity contribution is 0.106. The molecule has 4 N–H and O–H groups in total. The van der Waals surface area contributed by atoms with Crippen LogP contribution >= 0.6 is 0 Å². The Balaban J connectivity index is 0.901. The van der Waals surface area contributed by atoms with Gasteiger partial charge in [0.25, 0.3) is 0 Å². The van der Waals surface area contributed by atoms with E-state index in [2.05, 4.69) is 103 Å². The van der Waals surface area contributed by atoms with E-state index < -0.39 is 14.4 Å². The van der Waals surface area contributed by atoms with Crippen LogP contribution in [0.4, 0.5) is 14.9 Å². The van der Waals surface area contributed by atoms with E-state index in [0.717, 1.165) is 42.8 Å². The largest absolute Gasteiger partial charge is 0.534 e. The highest BCUT2D eigenvalue weighted by Gasteiger charge is 2.45. The quantitative estimate of drug-likeness (QED) is 0.0621. The van der Waals surface area contributed by atoms with Crippen molar-refractivity contribution in [1.82, 2.24) is 15.5 Å². The third kappa shape index (κ3) is 11.0. The maximum absolute atomic E-state index is 13.1. The van der Waals surface area contributed by atoms with Crippen LogP contribution in [-0.2, 0) is 13.0 Å². The first-order chi connectivity index (χ1) is 26.8. The number of hydrogen-bond acceptors (Lipinski definition) is 6. The monoisotopic (exact) mass is 760 g/mol. The molecule has 0 aliphatic carbocycles. The van der Waals surface area contributed by atoms with Crippen LogP contribution in [0.25, 0.3) is 0 Å². The number of carbonyl (C=O) groups is 1. The number of aliphatic hydroxyl groups is 1. The van der Waals surface area contributed by atoms with Crippen molar-refractivity contribution >= 4 is 30.4 Å². The first-order valence-electron chi connectivity index (χ1n) is 19.3. The summed E-state index contributed by atoms with van der Waals surface area (Å²) in [6.07, 6.45) is 1.90. The standard InChI is InChI=1S/C45H53FN4O4Si/c1-34(2)55(43-12-5-3-6-13-43,44-14-7-4-8-15-44)54-42-11-9-10-41(30-42)53-33-40(51)32-47-27-24-35-18-22-38(23-19-35)49-39-25-28-50(29-26-39)45(52)48-31-36-16-20-37(46)21-17-36/h3-23,30,34,39-40,47,49,51H,24-29,31-33H2,1-2H3,(H,48,52)/t40-/m0/s1. The van der Waals surface area contributed by atoms with E-state index in [0.29, 0.717) is 38.0 Å². The highest BCUT2D eigenvalue weighted by Crippen LogP contribution is 2.28. The second-order valence-corrected chi connectivity index (χ2v) is 18.5. The van der Waals surface area contributed by atoms with Gasteiger partial charge in [-0.2, -0.15) is 0 Å². The molecule has 0 bridgehead atoms. The molecule has 288 valence electrons. The first kappa shape index (κ1) is 39.5. The molecule has 0 spiro atoms. The number of amides is 2. The van der Waals surface area contributed by atoms with Crippen molar-refractivity contribution in [3.05, 3.63) is 150 Å². The van der Waals surface area contributed by atoms with Crippen LogP contribution in [0.1, 0.15) is 37.8 Å². The number of nitrogens with zero attached hydrogens (tertiary/aromatic N) is 1. The van der Waals surface area contributed by atoms with E-state index in [-0.39, 0.29) is 24.0 Å². The number of halogens is 1. The smallest absolute Gasteiger partial charge is 0.317 e. The number of carbonyl (C=O) groups excluding carboxylic acids is 1. The van der Waals surface area contributed by atoms with Crippen molar-refractivity contribution in [2.75, 3.05) is 38.1 Å². The zero-order chi connectivity index (χ0) is 38.5. The number of urea groups is 1. The van der Waals surface area contributed by atoms with Crippen molar-refractivity contribution in [1.29, 1.82) is 0 Å². The molecule has 1 fully saturated rings. The van der Waals surface area contributed by atoms with Crippen LogP contribution in [0, 0.1) is 5.82 Å². The SMILES string of the molecule is CC(C)[Si](Oc1cccc(OC[C@@H](O)CNCCc2ccc(NC3CCN(C(=O)NCc4ccc(F)cc4)CC3)cc2)c1)(c1ccccc1)c1ccccc1. The van der Waals surface area contributed by atoms with Crippen LogP contribution in [0.15, 0.2) is 133 Å². The molecule has 2 amide bonds. The number of ether oxygens (including phenoxy) is 1. The van der Waals surface area contributed by atoms with Crippen molar-refractivity contribution in [2.24, 2.45) is 0 Å².